The van der Waals surface area contributed by atoms with E-state index >= 15 is 0 Å². The Bertz CT molecular complexity index is 659. The molecule has 1 saturated carbocycles. The minimum atomic E-state index is 0.159. The van der Waals surface area contributed by atoms with Gasteiger partial charge in [-0.3, -0.25) is 4.79 Å². The fourth-order valence-electron chi connectivity index (χ4n) is 3.74. The maximum atomic E-state index is 12.5. The smallest absolute Gasteiger partial charge is 0.254 e. The van der Waals surface area contributed by atoms with Crippen LogP contribution in [0.3, 0.4) is 0 Å². The van der Waals surface area contributed by atoms with Crippen molar-refractivity contribution in [2.45, 2.75) is 57.5 Å². The van der Waals surface area contributed by atoms with E-state index in [0.29, 0.717) is 18.6 Å². The van der Waals surface area contributed by atoms with Crippen molar-refractivity contribution in [3.05, 3.63) is 34.9 Å². The fourth-order valence-corrected chi connectivity index (χ4v) is 3.74. The SMILES string of the molecule is Cc1cc(C#CCN[C@H]2CC[C@H](N)CC2)ccc1C(=O)N1CCCC1. The number of hydrogen-bond donors (Lipinski definition) is 2. The van der Waals surface area contributed by atoms with Crippen LogP contribution in [-0.2, 0) is 0 Å². The van der Waals surface area contributed by atoms with E-state index in [4.69, 9.17) is 5.73 Å². The Kier molecular flexibility index (Phi) is 6.12. The lowest BCUT2D eigenvalue weighted by molar-refractivity contribution is 0.0792. The van der Waals surface area contributed by atoms with Crippen LogP contribution in [-0.4, -0.2) is 42.5 Å². The van der Waals surface area contributed by atoms with Crippen LogP contribution in [0.25, 0.3) is 0 Å². The van der Waals surface area contributed by atoms with Crippen LogP contribution in [0.4, 0.5) is 0 Å². The van der Waals surface area contributed by atoms with Crippen molar-refractivity contribution in [2.24, 2.45) is 5.73 Å². The number of rotatable bonds is 3. The molecule has 1 aliphatic carbocycles. The third kappa shape index (κ3) is 4.84. The Hall–Kier alpha value is -1.83. The lowest BCUT2D eigenvalue weighted by atomic mass is 9.92. The van der Waals surface area contributed by atoms with E-state index < -0.39 is 0 Å². The van der Waals surface area contributed by atoms with Crippen LogP contribution in [0.1, 0.15) is 60.0 Å². The van der Waals surface area contributed by atoms with Gasteiger partial charge in [0.05, 0.1) is 6.54 Å². The number of hydrogen-bond acceptors (Lipinski definition) is 3. The number of nitrogens with zero attached hydrogens (tertiary/aromatic N) is 1. The Labute approximate surface area is 151 Å². The summed E-state index contributed by atoms with van der Waals surface area (Å²) in [5.41, 5.74) is 8.73. The van der Waals surface area contributed by atoms with Crippen molar-refractivity contribution < 1.29 is 4.79 Å². The third-order valence-corrected chi connectivity index (χ3v) is 5.33. The van der Waals surface area contributed by atoms with E-state index in [1.165, 1.54) is 0 Å². The lowest BCUT2D eigenvalue weighted by Crippen LogP contribution is -2.37. The first-order chi connectivity index (χ1) is 12.1. The molecule has 1 aromatic rings. The van der Waals surface area contributed by atoms with Crippen LogP contribution in [0.5, 0.6) is 0 Å². The minimum absolute atomic E-state index is 0.159. The molecule has 0 aromatic heterocycles. The lowest BCUT2D eigenvalue weighted by Gasteiger charge is -2.26. The summed E-state index contributed by atoms with van der Waals surface area (Å²) >= 11 is 0. The number of likely N-dealkylation sites (tertiary alicyclic amines) is 1. The number of benzene rings is 1. The van der Waals surface area contributed by atoms with E-state index in [-0.39, 0.29) is 5.91 Å². The highest BCUT2D eigenvalue weighted by Gasteiger charge is 2.20. The molecule has 25 heavy (non-hydrogen) atoms. The fraction of sp³-hybridized carbons (Fsp3) is 0.571. The molecule has 0 spiro atoms. The predicted molar refractivity (Wildman–Crippen MR) is 101 cm³/mol. The first-order valence-corrected chi connectivity index (χ1v) is 9.51. The van der Waals surface area contributed by atoms with E-state index in [9.17, 15) is 4.79 Å². The van der Waals surface area contributed by atoms with Crippen molar-refractivity contribution >= 4 is 5.91 Å². The largest absolute Gasteiger partial charge is 0.339 e. The molecule has 0 bridgehead atoms. The van der Waals surface area contributed by atoms with E-state index in [1.54, 1.807) is 0 Å². The van der Waals surface area contributed by atoms with Gasteiger partial charge in [-0.1, -0.05) is 11.8 Å². The monoisotopic (exact) mass is 339 g/mol. The van der Waals surface area contributed by atoms with Gasteiger partial charge in [-0.15, -0.1) is 0 Å². The predicted octanol–water partition coefficient (Wildman–Crippen LogP) is 2.44. The molecule has 4 nitrogen and oxygen atoms in total. The van der Waals surface area contributed by atoms with E-state index in [0.717, 1.165) is 68.3 Å². The summed E-state index contributed by atoms with van der Waals surface area (Å²) in [6, 6.07) is 6.85. The number of nitrogens with two attached hydrogens (primary N) is 1. The molecule has 1 aromatic carbocycles. The van der Waals surface area contributed by atoms with Crippen LogP contribution >= 0.6 is 0 Å². The zero-order chi connectivity index (χ0) is 17.6. The second-order valence-corrected chi connectivity index (χ2v) is 7.32. The zero-order valence-corrected chi connectivity index (χ0v) is 15.2. The normalized spacial score (nSPS) is 23.2. The molecule has 3 rings (SSSR count). The highest BCUT2D eigenvalue weighted by atomic mass is 16.2. The molecular weight excluding hydrogens is 310 g/mol. The first kappa shape index (κ1) is 18.0. The number of amides is 1. The molecular formula is C21H29N3O. The van der Waals surface area contributed by atoms with Crippen LogP contribution < -0.4 is 11.1 Å². The number of carbonyl (C=O) groups excluding carboxylic acids is 1. The zero-order valence-electron chi connectivity index (χ0n) is 15.2. The summed E-state index contributed by atoms with van der Waals surface area (Å²) in [6.45, 7) is 4.47. The van der Waals surface area contributed by atoms with Gasteiger partial charge < -0.3 is 16.0 Å². The molecule has 1 aliphatic heterocycles. The molecule has 2 fully saturated rings. The molecule has 2 aliphatic rings. The number of aryl methyl sites for hydroxylation is 1. The molecule has 0 unspecified atom stereocenters. The Balaban J connectivity index is 1.53. The second-order valence-electron chi connectivity index (χ2n) is 7.32. The maximum Gasteiger partial charge on any atom is 0.254 e. The highest BCUT2D eigenvalue weighted by molar-refractivity contribution is 5.96. The van der Waals surface area contributed by atoms with E-state index in [1.807, 2.05) is 30.0 Å². The third-order valence-electron chi connectivity index (χ3n) is 5.33. The van der Waals surface area contributed by atoms with Gasteiger partial charge >= 0.3 is 0 Å². The van der Waals surface area contributed by atoms with Gasteiger partial charge in [0.1, 0.15) is 0 Å². The Morgan fingerprint density at radius 1 is 1.24 bits per heavy atom. The average molecular weight is 339 g/mol. The molecule has 1 saturated heterocycles. The van der Waals surface area contributed by atoms with Crippen molar-refractivity contribution in [1.82, 2.24) is 10.2 Å². The van der Waals surface area contributed by atoms with Gasteiger partial charge in [-0.25, -0.2) is 0 Å². The molecule has 0 radical (unpaired) electrons. The topological polar surface area (TPSA) is 58.4 Å². The van der Waals surface area contributed by atoms with Crippen LogP contribution in [0.15, 0.2) is 18.2 Å². The maximum absolute atomic E-state index is 12.5. The van der Waals surface area contributed by atoms with Gasteiger partial charge in [-0.05, 0) is 69.2 Å². The van der Waals surface area contributed by atoms with Crippen molar-refractivity contribution in [3.63, 3.8) is 0 Å². The summed E-state index contributed by atoms with van der Waals surface area (Å²) in [5.74, 6) is 6.57. The summed E-state index contributed by atoms with van der Waals surface area (Å²) in [6.07, 6.45) is 6.75. The van der Waals surface area contributed by atoms with Gasteiger partial charge in [-0.2, -0.15) is 0 Å². The van der Waals surface area contributed by atoms with Crippen molar-refractivity contribution in [2.75, 3.05) is 19.6 Å². The molecule has 3 N–H and O–H groups in total. The summed E-state index contributed by atoms with van der Waals surface area (Å²) in [7, 11) is 0. The number of carbonyl (C=O) groups is 1. The Morgan fingerprint density at radius 2 is 1.96 bits per heavy atom. The minimum Gasteiger partial charge on any atom is -0.339 e. The molecule has 4 heteroatoms. The highest BCUT2D eigenvalue weighted by Crippen LogP contribution is 2.18. The van der Waals surface area contributed by atoms with Gasteiger partial charge in [0.25, 0.3) is 5.91 Å². The quantitative estimate of drug-likeness (QED) is 0.832. The van der Waals surface area contributed by atoms with Gasteiger partial charge in [0, 0.05) is 36.3 Å². The summed E-state index contributed by atoms with van der Waals surface area (Å²) in [4.78, 5) is 14.5. The summed E-state index contributed by atoms with van der Waals surface area (Å²) < 4.78 is 0. The first-order valence-electron chi connectivity index (χ1n) is 9.51. The standard InChI is InChI=1S/C21H29N3O/c1-16-15-17(5-4-12-23-19-9-7-18(22)8-10-19)6-11-20(16)21(25)24-13-2-3-14-24/h6,11,15,18-19,23H,2-3,7-10,12-14,22H2,1H3/t18-,19-. The Morgan fingerprint density at radius 3 is 2.64 bits per heavy atom. The molecule has 0 atom stereocenters. The van der Waals surface area contributed by atoms with Crippen LogP contribution in [0.2, 0.25) is 0 Å². The second kappa shape index (κ2) is 8.51. The van der Waals surface area contributed by atoms with Gasteiger partial charge in [0.15, 0.2) is 0 Å². The molecule has 134 valence electrons. The van der Waals surface area contributed by atoms with E-state index in [2.05, 4.69) is 17.2 Å². The summed E-state index contributed by atoms with van der Waals surface area (Å²) in [5, 5.41) is 3.50. The number of nitrogens with one attached hydrogen (secondary N) is 1. The van der Waals surface area contributed by atoms with Crippen molar-refractivity contribution in [1.29, 1.82) is 0 Å². The molecule has 1 amide bonds. The van der Waals surface area contributed by atoms with Crippen LogP contribution in [0, 0.1) is 18.8 Å². The average Bonchev–Trinajstić information content (AvgIpc) is 3.14. The van der Waals surface area contributed by atoms with Gasteiger partial charge in [0.2, 0.25) is 0 Å². The van der Waals surface area contributed by atoms with Crippen molar-refractivity contribution in [3.8, 4) is 11.8 Å². The molecule has 1 heterocycles.